The van der Waals surface area contributed by atoms with Gasteiger partial charge in [-0.1, -0.05) is 25.1 Å². The minimum Gasteiger partial charge on any atom is -0.356 e. The van der Waals surface area contributed by atoms with Gasteiger partial charge in [-0.25, -0.2) is 4.98 Å². The van der Waals surface area contributed by atoms with Crippen molar-refractivity contribution < 1.29 is 0 Å². The summed E-state index contributed by atoms with van der Waals surface area (Å²) in [6, 6.07) is 10.7. The summed E-state index contributed by atoms with van der Waals surface area (Å²) in [5, 5.41) is 4.66. The molecule has 1 fully saturated rings. The Morgan fingerprint density at radius 3 is 2.79 bits per heavy atom. The van der Waals surface area contributed by atoms with Gasteiger partial charge in [0.15, 0.2) is 0 Å². The largest absolute Gasteiger partial charge is 0.356 e. The lowest BCUT2D eigenvalue weighted by atomic mass is 10.1. The molecular formula is C16H21N3. The third-order valence-electron chi connectivity index (χ3n) is 3.75. The lowest BCUT2D eigenvalue weighted by molar-refractivity contribution is 0.721. The summed E-state index contributed by atoms with van der Waals surface area (Å²) < 4.78 is 0. The Morgan fingerprint density at radius 1 is 1.21 bits per heavy atom. The number of rotatable bonds is 4. The summed E-state index contributed by atoms with van der Waals surface area (Å²) >= 11 is 0. The summed E-state index contributed by atoms with van der Waals surface area (Å²) in [6.07, 6.45) is 2.57. The predicted octanol–water partition coefficient (Wildman–Crippen LogP) is 2.94. The van der Waals surface area contributed by atoms with Crippen molar-refractivity contribution in [2.45, 2.75) is 26.3 Å². The average molecular weight is 255 g/mol. The smallest absolute Gasteiger partial charge is 0.133 e. The van der Waals surface area contributed by atoms with Gasteiger partial charge in [0.25, 0.3) is 0 Å². The fourth-order valence-electron chi connectivity index (χ4n) is 2.74. The van der Waals surface area contributed by atoms with Crippen molar-refractivity contribution in [1.82, 2.24) is 10.3 Å². The van der Waals surface area contributed by atoms with Crippen LogP contribution in [0.25, 0.3) is 10.9 Å². The summed E-state index contributed by atoms with van der Waals surface area (Å²) in [5.74, 6) is 1.18. The molecule has 100 valence electrons. The number of hydrogen-bond acceptors (Lipinski definition) is 3. The molecule has 1 aromatic heterocycles. The van der Waals surface area contributed by atoms with Gasteiger partial charge in [-0.3, -0.25) is 0 Å². The molecule has 3 heteroatoms. The number of para-hydroxylation sites is 1. The molecule has 1 saturated heterocycles. The maximum atomic E-state index is 4.90. The molecule has 0 unspecified atom stereocenters. The maximum Gasteiger partial charge on any atom is 0.133 e. The maximum absolute atomic E-state index is 4.90. The van der Waals surface area contributed by atoms with E-state index in [-0.39, 0.29) is 0 Å². The number of fused-ring (bicyclic) bond motifs is 1. The van der Waals surface area contributed by atoms with Gasteiger partial charge in [0, 0.05) is 30.6 Å². The van der Waals surface area contributed by atoms with Gasteiger partial charge >= 0.3 is 0 Å². The minimum absolute atomic E-state index is 0.903. The molecule has 0 bridgehead atoms. The van der Waals surface area contributed by atoms with Crippen molar-refractivity contribution in [3.63, 3.8) is 0 Å². The standard InChI is InChI=1S/C16H21N3/c1-2-17-12-14-11-13-7-3-4-8-15(13)18-16(14)19-9-5-6-10-19/h3-4,7-8,11,17H,2,5-6,9-10,12H2,1H3. The van der Waals surface area contributed by atoms with E-state index in [0.717, 1.165) is 31.7 Å². The van der Waals surface area contributed by atoms with Crippen LogP contribution in [0.15, 0.2) is 30.3 Å². The zero-order valence-corrected chi connectivity index (χ0v) is 11.5. The lowest BCUT2D eigenvalue weighted by Gasteiger charge is -2.21. The Labute approximate surface area is 114 Å². The number of benzene rings is 1. The summed E-state index contributed by atoms with van der Waals surface area (Å²) in [7, 11) is 0. The second kappa shape index (κ2) is 5.57. The molecule has 0 aliphatic carbocycles. The molecule has 3 rings (SSSR count). The molecule has 0 saturated carbocycles. The molecular weight excluding hydrogens is 234 g/mol. The van der Waals surface area contributed by atoms with Crippen molar-refractivity contribution in [2.75, 3.05) is 24.5 Å². The quantitative estimate of drug-likeness (QED) is 0.910. The second-order valence-electron chi connectivity index (χ2n) is 5.14. The van der Waals surface area contributed by atoms with Crippen LogP contribution >= 0.6 is 0 Å². The summed E-state index contributed by atoms with van der Waals surface area (Å²) in [5.41, 5.74) is 2.42. The van der Waals surface area contributed by atoms with Gasteiger partial charge in [0.05, 0.1) is 5.52 Å². The Hall–Kier alpha value is -1.61. The monoisotopic (exact) mass is 255 g/mol. The first-order valence-corrected chi connectivity index (χ1v) is 7.23. The molecule has 3 nitrogen and oxygen atoms in total. The molecule has 0 atom stereocenters. The third kappa shape index (κ3) is 2.56. The highest BCUT2D eigenvalue weighted by Crippen LogP contribution is 2.26. The number of nitrogens with one attached hydrogen (secondary N) is 1. The van der Waals surface area contributed by atoms with Crippen LogP contribution < -0.4 is 10.2 Å². The van der Waals surface area contributed by atoms with Crippen molar-refractivity contribution in [1.29, 1.82) is 0 Å². The van der Waals surface area contributed by atoms with Crippen LogP contribution in [0.1, 0.15) is 25.3 Å². The number of aromatic nitrogens is 1. The van der Waals surface area contributed by atoms with Crippen LogP contribution in [0.5, 0.6) is 0 Å². The first kappa shape index (κ1) is 12.4. The van der Waals surface area contributed by atoms with Crippen LogP contribution in [-0.2, 0) is 6.54 Å². The van der Waals surface area contributed by atoms with Gasteiger partial charge in [-0.05, 0) is 31.5 Å². The van der Waals surface area contributed by atoms with E-state index >= 15 is 0 Å². The first-order valence-electron chi connectivity index (χ1n) is 7.23. The molecule has 19 heavy (non-hydrogen) atoms. The zero-order valence-electron chi connectivity index (χ0n) is 11.5. The second-order valence-corrected chi connectivity index (χ2v) is 5.14. The SMILES string of the molecule is CCNCc1cc2ccccc2nc1N1CCCC1. The fourth-order valence-corrected chi connectivity index (χ4v) is 2.74. The Balaban J connectivity index is 2.04. The van der Waals surface area contributed by atoms with Crippen LogP contribution in [0, 0.1) is 0 Å². The zero-order chi connectivity index (χ0) is 13.1. The van der Waals surface area contributed by atoms with Crippen LogP contribution in [-0.4, -0.2) is 24.6 Å². The summed E-state index contributed by atoms with van der Waals surface area (Å²) in [4.78, 5) is 7.33. The van der Waals surface area contributed by atoms with Crippen LogP contribution in [0.2, 0.25) is 0 Å². The third-order valence-corrected chi connectivity index (χ3v) is 3.75. The van der Waals surface area contributed by atoms with E-state index in [0.29, 0.717) is 0 Å². The first-order chi connectivity index (χ1) is 9.38. The molecule has 1 aliphatic heterocycles. The molecule has 2 aromatic rings. The van der Waals surface area contributed by atoms with Crippen LogP contribution in [0.3, 0.4) is 0 Å². The normalized spacial score (nSPS) is 15.3. The molecule has 0 spiro atoms. The molecule has 2 heterocycles. The number of anilines is 1. The van der Waals surface area contributed by atoms with E-state index in [1.807, 2.05) is 0 Å². The number of nitrogens with zero attached hydrogens (tertiary/aromatic N) is 2. The van der Waals surface area contributed by atoms with Crippen molar-refractivity contribution in [2.24, 2.45) is 0 Å². The van der Waals surface area contributed by atoms with E-state index in [9.17, 15) is 0 Å². The highest BCUT2D eigenvalue weighted by atomic mass is 15.2. The molecule has 1 aliphatic rings. The molecule has 0 radical (unpaired) electrons. The van der Waals surface area contributed by atoms with Gasteiger partial charge in [-0.2, -0.15) is 0 Å². The van der Waals surface area contributed by atoms with E-state index in [1.54, 1.807) is 0 Å². The number of pyridine rings is 1. The van der Waals surface area contributed by atoms with Crippen molar-refractivity contribution in [3.8, 4) is 0 Å². The van der Waals surface area contributed by atoms with Crippen LogP contribution in [0.4, 0.5) is 5.82 Å². The molecule has 1 aromatic carbocycles. The van der Waals surface area contributed by atoms with E-state index in [4.69, 9.17) is 4.98 Å². The Kier molecular flexibility index (Phi) is 3.65. The average Bonchev–Trinajstić information content (AvgIpc) is 2.98. The fraction of sp³-hybridized carbons (Fsp3) is 0.438. The lowest BCUT2D eigenvalue weighted by Crippen LogP contribution is -2.23. The van der Waals surface area contributed by atoms with Gasteiger partial charge < -0.3 is 10.2 Å². The highest BCUT2D eigenvalue weighted by molar-refractivity contribution is 5.81. The van der Waals surface area contributed by atoms with Gasteiger partial charge in [0.2, 0.25) is 0 Å². The number of hydrogen-bond donors (Lipinski definition) is 1. The molecule has 1 N–H and O–H groups in total. The van der Waals surface area contributed by atoms with Crippen molar-refractivity contribution >= 4 is 16.7 Å². The Morgan fingerprint density at radius 2 is 2.00 bits per heavy atom. The molecule has 0 amide bonds. The summed E-state index contributed by atoms with van der Waals surface area (Å²) in [6.45, 7) is 6.32. The minimum atomic E-state index is 0.903. The van der Waals surface area contributed by atoms with Gasteiger partial charge in [0.1, 0.15) is 5.82 Å². The van der Waals surface area contributed by atoms with E-state index in [2.05, 4.69) is 47.5 Å². The van der Waals surface area contributed by atoms with Crippen molar-refractivity contribution in [3.05, 3.63) is 35.9 Å². The topological polar surface area (TPSA) is 28.2 Å². The Bertz CT molecular complexity index is 559. The predicted molar refractivity (Wildman–Crippen MR) is 80.6 cm³/mol. The van der Waals surface area contributed by atoms with E-state index < -0.39 is 0 Å². The van der Waals surface area contributed by atoms with Gasteiger partial charge in [-0.15, -0.1) is 0 Å². The highest BCUT2D eigenvalue weighted by Gasteiger charge is 2.17. The van der Waals surface area contributed by atoms with E-state index in [1.165, 1.54) is 29.6 Å².